The molecule has 118 valence electrons. The fourth-order valence-corrected chi connectivity index (χ4v) is 2.69. The number of hydrogen-bond acceptors (Lipinski definition) is 3. The Morgan fingerprint density at radius 2 is 1.82 bits per heavy atom. The molecule has 0 saturated carbocycles. The molecule has 0 atom stereocenters. The van der Waals surface area contributed by atoms with Gasteiger partial charge in [-0.05, 0) is 31.9 Å². The minimum absolute atomic E-state index is 0.0431. The Morgan fingerprint density at radius 1 is 1.14 bits per heavy atom. The first-order valence-corrected chi connectivity index (χ1v) is 7.66. The van der Waals surface area contributed by atoms with Crippen LogP contribution in [0.2, 0.25) is 0 Å². The van der Waals surface area contributed by atoms with Crippen molar-refractivity contribution in [3.8, 4) is 0 Å². The van der Waals surface area contributed by atoms with Crippen molar-refractivity contribution >= 4 is 23.3 Å². The van der Waals surface area contributed by atoms with Gasteiger partial charge in [0.1, 0.15) is 0 Å². The van der Waals surface area contributed by atoms with E-state index in [9.17, 15) is 14.4 Å². The van der Waals surface area contributed by atoms with E-state index in [4.69, 9.17) is 0 Å². The molecule has 1 aromatic rings. The molecule has 1 aromatic carbocycles. The number of nitrogens with zero attached hydrogens (tertiary/aromatic N) is 2. The van der Waals surface area contributed by atoms with Crippen molar-refractivity contribution < 1.29 is 14.4 Å². The number of likely N-dealkylation sites (tertiary alicyclic amines) is 1. The molecular weight excluding hydrogens is 280 g/mol. The number of anilines is 1. The maximum absolute atomic E-state index is 12.1. The molecular formula is C17H22N2O3. The van der Waals surface area contributed by atoms with Crippen LogP contribution in [0.4, 0.5) is 5.69 Å². The highest BCUT2D eigenvalue weighted by Gasteiger charge is 2.20. The van der Waals surface area contributed by atoms with Gasteiger partial charge in [-0.15, -0.1) is 0 Å². The van der Waals surface area contributed by atoms with E-state index in [1.165, 1.54) is 13.8 Å². The third kappa shape index (κ3) is 3.93. The van der Waals surface area contributed by atoms with Crippen LogP contribution in [0, 0.1) is 0 Å². The second kappa shape index (κ2) is 7.20. The highest BCUT2D eigenvalue weighted by atomic mass is 16.2. The first-order chi connectivity index (χ1) is 10.5. The van der Waals surface area contributed by atoms with Crippen molar-refractivity contribution in [3.63, 3.8) is 0 Å². The molecule has 5 heteroatoms. The molecule has 0 bridgehead atoms. The second-order valence-corrected chi connectivity index (χ2v) is 5.62. The van der Waals surface area contributed by atoms with Gasteiger partial charge < -0.3 is 9.80 Å². The average Bonchev–Trinajstić information content (AvgIpc) is 3.01. The molecule has 0 N–H and O–H groups in total. The molecule has 1 aliphatic rings. The summed E-state index contributed by atoms with van der Waals surface area (Å²) in [4.78, 5) is 38.9. The summed E-state index contributed by atoms with van der Waals surface area (Å²) in [5.41, 5.74) is 1.23. The maximum Gasteiger partial charge on any atom is 0.224 e. The lowest BCUT2D eigenvalue weighted by atomic mass is 10.1. The molecule has 22 heavy (non-hydrogen) atoms. The predicted octanol–water partition coefficient (Wildman–Crippen LogP) is 2.25. The van der Waals surface area contributed by atoms with E-state index < -0.39 is 0 Å². The number of rotatable bonds is 5. The van der Waals surface area contributed by atoms with Crippen LogP contribution in [0.15, 0.2) is 24.3 Å². The van der Waals surface area contributed by atoms with Gasteiger partial charge in [-0.2, -0.15) is 0 Å². The molecule has 2 amide bonds. The molecule has 2 rings (SSSR count). The lowest BCUT2D eigenvalue weighted by molar-refractivity contribution is -0.129. The van der Waals surface area contributed by atoms with E-state index in [-0.39, 0.29) is 17.6 Å². The van der Waals surface area contributed by atoms with Crippen LogP contribution in [-0.4, -0.2) is 42.1 Å². The van der Waals surface area contributed by atoms with Gasteiger partial charge in [0.05, 0.1) is 0 Å². The number of ketones is 1. The Kier molecular flexibility index (Phi) is 5.31. The Morgan fingerprint density at radius 3 is 2.41 bits per heavy atom. The van der Waals surface area contributed by atoms with Gasteiger partial charge in [0.25, 0.3) is 0 Å². The molecule has 0 radical (unpaired) electrons. The number of carbonyl (C=O) groups is 3. The second-order valence-electron chi connectivity index (χ2n) is 5.62. The summed E-state index contributed by atoms with van der Waals surface area (Å²) in [6.07, 6.45) is 2.43. The van der Waals surface area contributed by atoms with Gasteiger partial charge >= 0.3 is 0 Å². The molecule has 5 nitrogen and oxygen atoms in total. The summed E-state index contributed by atoms with van der Waals surface area (Å²) >= 11 is 0. The van der Waals surface area contributed by atoms with Crippen molar-refractivity contribution in [1.82, 2.24) is 4.90 Å². The van der Waals surface area contributed by atoms with Crippen LogP contribution >= 0.6 is 0 Å². The normalized spacial score (nSPS) is 14.0. The minimum atomic E-state index is -0.130. The number of Topliss-reactive ketones (excluding diaryl/α,β-unsaturated/α-hetero) is 1. The lowest BCUT2D eigenvalue weighted by Crippen LogP contribution is -2.35. The summed E-state index contributed by atoms with van der Waals surface area (Å²) in [6.45, 7) is 4.94. The van der Waals surface area contributed by atoms with Crippen LogP contribution in [0.5, 0.6) is 0 Å². The first-order valence-electron chi connectivity index (χ1n) is 7.66. The van der Waals surface area contributed by atoms with E-state index in [1.807, 2.05) is 4.90 Å². The van der Waals surface area contributed by atoms with Gasteiger partial charge in [-0.3, -0.25) is 14.4 Å². The fraction of sp³-hybridized carbons (Fsp3) is 0.471. The molecule has 0 aliphatic carbocycles. The molecule has 1 saturated heterocycles. The highest BCUT2D eigenvalue weighted by Crippen LogP contribution is 2.18. The van der Waals surface area contributed by atoms with E-state index in [2.05, 4.69) is 0 Å². The minimum Gasteiger partial charge on any atom is -0.343 e. The molecule has 1 aliphatic heterocycles. The Hall–Kier alpha value is -2.17. The molecule has 0 unspecified atom stereocenters. The topological polar surface area (TPSA) is 57.7 Å². The summed E-state index contributed by atoms with van der Waals surface area (Å²) in [6, 6.07) is 6.96. The third-order valence-electron chi connectivity index (χ3n) is 3.95. The van der Waals surface area contributed by atoms with Gasteiger partial charge in [0.2, 0.25) is 11.8 Å². The van der Waals surface area contributed by atoms with E-state index in [1.54, 1.807) is 29.2 Å². The van der Waals surface area contributed by atoms with Crippen LogP contribution < -0.4 is 4.90 Å². The number of carbonyl (C=O) groups excluding carboxylic acids is 3. The largest absolute Gasteiger partial charge is 0.343 e. The SMILES string of the molecule is CC(=O)c1cccc(N(CCC(=O)N2CCCC2)C(C)=O)c1. The molecule has 0 aromatic heterocycles. The number of benzene rings is 1. The Bertz CT molecular complexity index is 577. The lowest BCUT2D eigenvalue weighted by Gasteiger charge is -2.23. The predicted molar refractivity (Wildman–Crippen MR) is 84.9 cm³/mol. The Balaban J connectivity index is 2.06. The fourth-order valence-electron chi connectivity index (χ4n) is 2.69. The van der Waals surface area contributed by atoms with Crippen LogP contribution in [0.25, 0.3) is 0 Å². The van der Waals surface area contributed by atoms with Crippen molar-refractivity contribution in [2.24, 2.45) is 0 Å². The van der Waals surface area contributed by atoms with Gasteiger partial charge in [-0.1, -0.05) is 12.1 Å². The Labute approximate surface area is 130 Å². The van der Waals surface area contributed by atoms with Crippen LogP contribution in [0.3, 0.4) is 0 Å². The third-order valence-corrected chi connectivity index (χ3v) is 3.95. The van der Waals surface area contributed by atoms with E-state index in [0.29, 0.717) is 24.2 Å². The standard InChI is InChI=1S/C17H22N2O3/c1-13(20)15-6-5-7-16(12-15)19(14(2)21)11-8-17(22)18-9-3-4-10-18/h5-7,12H,3-4,8-11H2,1-2H3. The zero-order chi connectivity index (χ0) is 16.1. The van der Waals surface area contributed by atoms with Crippen molar-refractivity contribution in [2.45, 2.75) is 33.1 Å². The highest BCUT2D eigenvalue weighted by molar-refractivity contribution is 5.97. The summed E-state index contributed by atoms with van der Waals surface area (Å²) < 4.78 is 0. The molecule has 1 fully saturated rings. The summed E-state index contributed by atoms with van der Waals surface area (Å²) in [5.74, 6) is -0.0834. The number of hydrogen-bond donors (Lipinski definition) is 0. The van der Waals surface area contributed by atoms with Crippen molar-refractivity contribution in [1.29, 1.82) is 0 Å². The van der Waals surface area contributed by atoms with Crippen molar-refractivity contribution in [3.05, 3.63) is 29.8 Å². The van der Waals surface area contributed by atoms with Crippen LogP contribution in [0.1, 0.15) is 43.5 Å². The molecule has 0 spiro atoms. The monoisotopic (exact) mass is 302 g/mol. The zero-order valence-corrected chi connectivity index (χ0v) is 13.2. The number of amides is 2. The van der Waals surface area contributed by atoms with Crippen LogP contribution in [-0.2, 0) is 9.59 Å². The quantitative estimate of drug-likeness (QED) is 0.784. The average molecular weight is 302 g/mol. The zero-order valence-electron chi connectivity index (χ0n) is 13.2. The van der Waals surface area contributed by atoms with Gasteiger partial charge in [0.15, 0.2) is 5.78 Å². The molecule has 1 heterocycles. The van der Waals surface area contributed by atoms with Crippen molar-refractivity contribution in [2.75, 3.05) is 24.5 Å². The van der Waals surface area contributed by atoms with E-state index >= 15 is 0 Å². The van der Waals surface area contributed by atoms with Gasteiger partial charge in [0, 0.05) is 44.2 Å². The van der Waals surface area contributed by atoms with E-state index in [0.717, 1.165) is 25.9 Å². The smallest absolute Gasteiger partial charge is 0.224 e. The summed E-state index contributed by atoms with van der Waals surface area (Å²) in [7, 11) is 0. The maximum atomic E-state index is 12.1. The van der Waals surface area contributed by atoms with Gasteiger partial charge in [-0.25, -0.2) is 0 Å². The summed E-state index contributed by atoms with van der Waals surface area (Å²) in [5, 5.41) is 0. The first kappa shape index (κ1) is 16.2.